The number of hydrogen-bond donors (Lipinski definition) is 3. The number of amides is 3. The summed E-state index contributed by atoms with van der Waals surface area (Å²) < 4.78 is 27.0. The fourth-order valence-electron chi connectivity index (χ4n) is 3.08. The van der Waals surface area contributed by atoms with Gasteiger partial charge in [0.25, 0.3) is 23.4 Å². The van der Waals surface area contributed by atoms with Crippen molar-refractivity contribution in [1.82, 2.24) is 20.5 Å². The van der Waals surface area contributed by atoms with E-state index in [-0.39, 0.29) is 26.7 Å². The number of hydrazine groups is 1. The van der Waals surface area contributed by atoms with E-state index in [9.17, 15) is 32.9 Å². The van der Waals surface area contributed by atoms with E-state index in [2.05, 4.69) is 16.2 Å². The van der Waals surface area contributed by atoms with Crippen LogP contribution in [-0.2, 0) is 14.8 Å². The van der Waals surface area contributed by atoms with Crippen LogP contribution in [0.2, 0.25) is 5.02 Å². The smallest absolute Gasteiger partial charge is 0.270 e. The van der Waals surface area contributed by atoms with E-state index in [4.69, 9.17) is 11.6 Å². The second-order valence-electron chi connectivity index (χ2n) is 7.53. The second-order valence-corrected chi connectivity index (χ2v) is 9.88. The van der Waals surface area contributed by atoms with Crippen LogP contribution in [0.15, 0.2) is 47.4 Å². The number of nitrogens with zero attached hydrogens (tertiary/aromatic N) is 2. The van der Waals surface area contributed by atoms with Gasteiger partial charge in [-0.05, 0) is 43.2 Å². The van der Waals surface area contributed by atoms with Crippen molar-refractivity contribution in [3.63, 3.8) is 0 Å². The Morgan fingerprint density at radius 1 is 0.972 bits per heavy atom. The Kier molecular flexibility index (Phi) is 10.3. The van der Waals surface area contributed by atoms with E-state index < -0.39 is 39.2 Å². The molecule has 0 bridgehead atoms. The first kappa shape index (κ1) is 28.7. The topological polar surface area (TPSA) is 168 Å². The highest BCUT2D eigenvalue weighted by Gasteiger charge is 2.23. The van der Waals surface area contributed by atoms with Gasteiger partial charge in [0.1, 0.15) is 0 Å². The minimum Gasteiger partial charge on any atom is -0.343 e. The number of hydrogen-bond acceptors (Lipinski definition) is 7. The number of sulfonamides is 1. The molecule has 14 heteroatoms. The van der Waals surface area contributed by atoms with Crippen molar-refractivity contribution in [2.24, 2.45) is 0 Å². The van der Waals surface area contributed by atoms with Gasteiger partial charge in [-0.3, -0.25) is 35.3 Å². The average Bonchev–Trinajstić information content (AvgIpc) is 2.85. The van der Waals surface area contributed by atoms with Crippen LogP contribution >= 0.6 is 11.6 Å². The van der Waals surface area contributed by atoms with Crippen LogP contribution in [0, 0.1) is 10.1 Å². The zero-order chi connectivity index (χ0) is 26.9. The van der Waals surface area contributed by atoms with Crippen molar-refractivity contribution in [1.29, 1.82) is 0 Å². The van der Waals surface area contributed by atoms with Gasteiger partial charge in [-0.2, -0.15) is 4.31 Å². The van der Waals surface area contributed by atoms with Gasteiger partial charge in [0.2, 0.25) is 10.0 Å². The first-order valence-electron chi connectivity index (χ1n) is 10.9. The highest BCUT2D eigenvalue weighted by atomic mass is 35.5. The summed E-state index contributed by atoms with van der Waals surface area (Å²) in [5.41, 5.74) is 3.83. The summed E-state index contributed by atoms with van der Waals surface area (Å²) in [6.07, 6.45) is 1.33. The van der Waals surface area contributed by atoms with Crippen LogP contribution in [0.25, 0.3) is 0 Å². The Labute approximate surface area is 213 Å². The van der Waals surface area contributed by atoms with Gasteiger partial charge in [-0.15, -0.1) is 0 Å². The zero-order valence-corrected chi connectivity index (χ0v) is 21.2. The van der Waals surface area contributed by atoms with E-state index in [0.717, 1.165) is 12.1 Å². The van der Waals surface area contributed by atoms with Crippen LogP contribution in [0.5, 0.6) is 0 Å². The molecule has 0 saturated carbocycles. The number of carbonyl (C=O) groups excluding carboxylic acids is 3. The Morgan fingerprint density at radius 3 is 2.14 bits per heavy atom. The lowest BCUT2D eigenvalue weighted by atomic mass is 10.2. The van der Waals surface area contributed by atoms with E-state index >= 15 is 0 Å². The standard InChI is InChI=1S/C22H26ClN5O7S/c1-3-11-27(12-4-2)36(34,35)17-8-5-15(6-9-17)21(30)26-25-20(29)14-24-22(31)18-13-16(28(32)33)7-10-19(18)23/h5-10,13H,3-4,11-12,14H2,1-2H3,(H,24,31)(H,25,29)(H,26,30). The normalized spacial score (nSPS) is 11.1. The van der Waals surface area contributed by atoms with Gasteiger partial charge in [-0.25, -0.2) is 8.42 Å². The number of carbonyl (C=O) groups is 3. The first-order chi connectivity index (χ1) is 17.0. The largest absolute Gasteiger partial charge is 0.343 e. The molecular formula is C22H26ClN5O7S. The molecule has 0 radical (unpaired) electrons. The summed E-state index contributed by atoms with van der Waals surface area (Å²) >= 11 is 5.89. The molecule has 2 rings (SSSR count). The van der Waals surface area contributed by atoms with Crippen LogP contribution in [0.1, 0.15) is 47.4 Å². The van der Waals surface area contributed by atoms with Gasteiger partial charge in [0.15, 0.2) is 0 Å². The number of halogens is 1. The molecule has 2 aromatic carbocycles. The molecule has 0 saturated heterocycles. The number of non-ortho nitro benzene ring substituents is 1. The molecule has 0 aliphatic carbocycles. The molecule has 3 N–H and O–H groups in total. The molecule has 0 aliphatic heterocycles. The van der Waals surface area contributed by atoms with Gasteiger partial charge in [-0.1, -0.05) is 25.4 Å². The van der Waals surface area contributed by atoms with Gasteiger partial charge >= 0.3 is 0 Å². The molecule has 194 valence electrons. The monoisotopic (exact) mass is 539 g/mol. The van der Waals surface area contributed by atoms with Gasteiger partial charge in [0, 0.05) is 30.8 Å². The maximum Gasteiger partial charge on any atom is 0.270 e. The second kappa shape index (κ2) is 13.0. The number of rotatable bonds is 11. The molecule has 0 unspecified atom stereocenters. The van der Waals surface area contributed by atoms with Crippen LogP contribution in [0.4, 0.5) is 5.69 Å². The molecular weight excluding hydrogens is 514 g/mol. The maximum atomic E-state index is 12.8. The molecule has 0 fully saturated rings. The fourth-order valence-corrected chi connectivity index (χ4v) is 4.91. The Hall–Kier alpha value is -3.55. The molecule has 12 nitrogen and oxygen atoms in total. The number of benzene rings is 2. The zero-order valence-electron chi connectivity index (χ0n) is 19.6. The predicted octanol–water partition coefficient (Wildman–Crippen LogP) is 2.25. The summed E-state index contributed by atoms with van der Waals surface area (Å²) in [5, 5.41) is 13.1. The first-order valence-corrected chi connectivity index (χ1v) is 12.7. The van der Waals surface area contributed by atoms with E-state index in [1.165, 1.54) is 34.6 Å². The number of nitro benzene ring substituents is 1. The summed E-state index contributed by atoms with van der Waals surface area (Å²) in [6.45, 7) is 3.98. The molecule has 2 aromatic rings. The fraction of sp³-hybridized carbons (Fsp3) is 0.318. The van der Waals surface area contributed by atoms with Crippen LogP contribution in [-0.4, -0.2) is 55.0 Å². The highest BCUT2D eigenvalue weighted by molar-refractivity contribution is 7.89. The minimum atomic E-state index is -3.70. The lowest BCUT2D eigenvalue weighted by Gasteiger charge is -2.21. The molecule has 0 aliphatic rings. The number of nitro groups is 1. The SMILES string of the molecule is CCCN(CCC)S(=O)(=O)c1ccc(C(=O)NNC(=O)CNC(=O)c2cc([N+](=O)[O-])ccc2Cl)cc1. The molecule has 36 heavy (non-hydrogen) atoms. The Bertz CT molecular complexity index is 1230. The van der Waals surface area contributed by atoms with Crippen molar-refractivity contribution < 1.29 is 27.7 Å². The lowest BCUT2D eigenvalue weighted by Crippen LogP contribution is -2.46. The summed E-state index contributed by atoms with van der Waals surface area (Å²) in [5.74, 6) is -2.31. The van der Waals surface area contributed by atoms with E-state index in [1.807, 2.05) is 13.8 Å². The van der Waals surface area contributed by atoms with E-state index in [0.29, 0.717) is 25.9 Å². The Balaban J connectivity index is 1.93. The Morgan fingerprint density at radius 2 is 1.58 bits per heavy atom. The molecule has 0 heterocycles. The number of nitrogens with one attached hydrogen (secondary N) is 3. The van der Waals surface area contributed by atoms with E-state index in [1.54, 1.807) is 0 Å². The van der Waals surface area contributed by atoms with Crippen molar-refractivity contribution in [2.75, 3.05) is 19.6 Å². The average molecular weight is 540 g/mol. The highest BCUT2D eigenvalue weighted by Crippen LogP contribution is 2.22. The molecule has 0 spiro atoms. The van der Waals surface area contributed by atoms with Crippen LogP contribution < -0.4 is 16.2 Å². The van der Waals surface area contributed by atoms with Gasteiger partial charge in [0.05, 0.1) is 26.9 Å². The molecule has 3 amide bonds. The third kappa shape index (κ3) is 7.47. The van der Waals surface area contributed by atoms with Crippen molar-refractivity contribution in [2.45, 2.75) is 31.6 Å². The predicted molar refractivity (Wildman–Crippen MR) is 132 cm³/mol. The van der Waals surface area contributed by atoms with Crippen molar-refractivity contribution in [3.05, 3.63) is 68.7 Å². The molecule has 0 aromatic heterocycles. The lowest BCUT2D eigenvalue weighted by molar-refractivity contribution is -0.384. The van der Waals surface area contributed by atoms with Gasteiger partial charge < -0.3 is 5.32 Å². The third-order valence-corrected chi connectivity index (χ3v) is 7.07. The van der Waals surface area contributed by atoms with Crippen molar-refractivity contribution in [3.8, 4) is 0 Å². The third-order valence-electron chi connectivity index (χ3n) is 4.83. The van der Waals surface area contributed by atoms with Crippen LogP contribution in [0.3, 0.4) is 0 Å². The summed E-state index contributed by atoms with van der Waals surface area (Å²) in [4.78, 5) is 46.7. The minimum absolute atomic E-state index is 0.0372. The summed E-state index contributed by atoms with van der Waals surface area (Å²) in [6, 6.07) is 8.56. The summed E-state index contributed by atoms with van der Waals surface area (Å²) in [7, 11) is -3.70. The quantitative estimate of drug-likeness (QED) is 0.290. The van der Waals surface area contributed by atoms with Crippen molar-refractivity contribution >= 4 is 45.0 Å². The maximum absolute atomic E-state index is 12.8. The molecule has 0 atom stereocenters.